The molecule has 0 saturated carbocycles. The first-order valence-electron chi connectivity index (χ1n) is 7.97. The maximum absolute atomic E-state index is 12.1. The molecule has 1 heterocycles. The molecule has 0 radical (unpaired) electrons. The minimum absolute atomic E-state index is 0.186. The number of piperidine rings is 1. The maximum atomic E-state index is 12.1. The minimum Gasteiger partial charge on any atom is -0.444 e. The van der Waals surface area contributed by atoms with Gasteiger partial charge in [0.15, 0.2) is 0 Å². The molecular formula is C16H32N2O3. The Balaban J connectivity index is 2.48. The molecule has 5 heteroatoms. The van der Waals surface area contributed by atoms with Gasteiger partial charge in [-0.25, -0.2) is 4.79 Å². The average molecular weight is 300 g/mol. The Hall–Kier alpha value is -0.810. The monoisotopic (exact) mass is 300 g/mol. The number of amides is 1. The normalized spacial score (nSPS) is 17.6. The van der Waals surface area contributed by atoms with Crippen LogP contribution in [0.25, 0.3) is 0 Å². The summed E-state index contributed by atoms with van der Waals surface area (Å²) >= 11 is 0. The van der Waals surface area contributed by atoms with Crippen molar-refractivity contribution in [3.63, 3.8) is 0 Å². The average Bonchev–Trinajstić information content (AvgIpc) is 2.37. The first-order valence-corrected chi connectivity index (χ1v) is 7.97. The van der Waals surface area contributed by atoms with Crippen molar-refractivity contribution in [2.24, 2.45) is 0 Å². The molecule has 1 fully saturated rings. The van der Waals surface area contributed by atoms with E-state index in [9.17, 15) is 4.79 Å². The van der Waals surface area contributed by atoms with E-state index in [2.05, 4.69) is 18.7 Å². The van der Waals surface area contributed by atoms with Crippen molar-refractivity contribution in [3.05, 3.63) is 0 Å². The summed E-state index contributed by atoms with van der Waals surface area (Å²) in [5.74, 6) is 0. The van der Waals surface area contributed by atoms with Gasteiger partial charge in [-0.3, -0.25) is 4.90 Å². The summed E-state index contributed by atoms with van der Waals surface area (Å²) in [7, 11) is 1.74. The summed E-state index contributed by atoms with van der Waals surface area (Å²) in [6.07, 6.45) is 1.82. The van der Waals surface area contributed by atoms with Gasteiger partial charge >= 0.3 is 6.09 Å². The SMILES string of the molecule is COCCN(C(C)C)C1CCN(C(=O)OC(C)(C)C)CC1. The molecule has 124 valence electrons. The highest BCUT2D eigenvalue weighted by Gasteiger charge is 2.30. The molecule has 0 aliphatic carbocycles. The molecule has 0 atom stereocenters. The van der Waals surface area contributed by atoms with E-state index in [1.807, 2.05) is 25.7 Å². The maximum Gasteiger partial charge on any atom is 0.410 e. The van der Waals surface area contributed by atoms with Crippen LogP contribution in [0.4, 0.5) is 4.79 Å². The molecule has 0 N–H and O–H groups in total. The highest BCUT2D eigenvalue weighted by atomic mass is 16.6. The van der Waals surface area contributed by atoms with Gasteiger partial charge in [-0.05, 0) is 47.5 Å². The molecule has 1 amide bonds. The summed E-state index contributed by atoms with van der Waals surface area (Å²) in [6.45, 7) is 13.4. The highest BCUT2D eigenvalue weighted by molar-refractivity contribution is 5.68. The molecule has 5 nitrogen and oxygen atoms in total. The molecule has 0 aromatic carbocycles. The Morgan fingerprint density at radius 3 is 2.29 bits per heavy atom. The first-order chi connectivity index (χ1) is 9.74. The van der Waals surface area contributed by atoms with Crippen LogP contribution in [0.2, 0.25) is 0 Å². The highest BCUT2D eigenvalue weighted by Crippen LogP contribution is 2.20. The molecule has 1 saturated heterocycles. The van der Waals surface area contributed by atoms with Crippen molar-refractivity contribution in [2.75, 3.05) is 33.4 Å². The lowest BCUT2D eigenvalue weighted by atomic mass is 10.0. The Morgan fingerprint density at radius 1 is 1.29 bits per heavy atom. The number of hydrogen-bond donors (Lipinski definition) is 0. The van der Waals surface area contributed by atoms with Crippen LogP contribution in [0, 0.1) is 0 Å². The second-order valence-corrected chi connectivity index (χ2v) is 7.02. The number of carbonyl (C=O) groups is 1. The fraction of sp³-hybridized carbons (Fsp3) is 0.938. The zero-order valence-electron chi connectivity index (χ0n) is 14.5. The van der Waals surface area contributed by atoms with E-state index < -0.39 is 5.60 Å². The first kappa shape index (κ1) is 18.2. The van der Waals surface area contributed by atoms with E-state index >= 15 is 0 Å². The second kappa shape index (κ2) is 7.99. The molecule has 1 aliphatic heterocycles. The third kappa shape index (κ3) is 6.22. The van der Waals surface area contributed by atoms with Gasteiger partial charge in [-0.1, -0.05) is 0 Å². The standard InChI is InChI=1S/C16H32N2O3/c1-13(2)18(11-12-20-6)14-7-9-17(10-8-14)15(19)21-16(3,4)5/h13-14H,7-12H2,1-6H3. The predicted molar refractivity (Wildman–Crippen MR) is 84.5 cm³/mol. The van der Waals surface area contributed by atoms with E-state index in [1.54, 1.807) is 7.11 Å². The Morgan fingerprint density at radius 2 is 1.86 bits per heavy atom. The van der Waals surface area contributed by atoms with Gasteiger partial charge in [0.25, 0.3) is 0 Å². The molecule has 0 bridgehead atoms. The van der Waals surface area contributed by atoms with Gasteiger partial charge in [0.1, 0.15) is 5.60 Å². The number of nitrogens with zero attached hydrogens (tertiary/aromatic N) is 2. The van der Waals surface area contributed by atoms with E-state index in [-0.39, 0.29) is 6.09 Å². The molecule has 0 aromatic rings. The summed E-state index contributed by atoms with van der Waals surface area (Å²) in [6, 6.07) is 1.03. The number of likely N-dealkylation sites (tertiary alicyclic amines) is 1. The van der Waals surface area contributed by atoms with Crippen molar-refractivity contribution in [1.29, 1.82) is 0 Å². The van der Waals surface area contributed by atoms with Gasteiger partial charge in [0.05, 0.1) is 6.61 Å². The lowest BCUT2D eigenvalue weighted by Crippen LogP contribution is -2.50. The number of ether oxygens (including phenoxy) is 2. The molecular weight excluding hydrogens is 268 g/mol. The second-order valence-electron chi connectivity index (χ2n) is 7.02. The molecule has 0 unspecified atom stereocenters. The van der Waals surface area contributed by atoms with Crippen LogP contribution >= 0.6 is 0 Å². The summed E-state index contributed by atoms with van der Waals surface area (Å²) in [5.41, 5.74) is -0.420. The zero-order valence-corrected chi connectivity index (χ0v) is 14.5. The fourth-order valence-corrected chi connectivity index (χ4v) is 2.77. The minimum atomic E-state index is -0.420. The number of methoxy groups -OCH3 is 1. The van der Waals surface area contributed by atoms with Crippen LogP contribution in [0.3, 0.4) is 0 Å². The van der Waals surface area contributed by atoms with E-state index in [4.69, 9.17) is 9.47 Å². The predicted octanol–water partition coefficient (Wildman–Crippen LogP) is 2.74. The van der Waals surface area contributed by atoms with Gasteiger partial charge in [0, 0.05) is 38.8 Å². The van der Waals surface area contributed by atoms with Gasteiger partial charge in [-0.15, -0.1) is 0 Å². The van der Waals surface area contributed by atoms with Crippen molar-refractivity contribution in [3.8, 4) is 0 Å². The fourth-order valence-electron chi connectivity index (χ4n) is 2.77. The largest absolute Gasteiger partial charge is 0.444 e. The van der Waals surface area contributed by atoms with Gasteiger partial charge in [-0.2, -0.15) is 0 Å². The molecule has 0 spiro atoms. The van der Waals surface area contributed by atoms with Crippen LogP contribution in [0.5, 0.6) is 0 Å². The van der Waals surface area contributed by atoms with Gasteiger partial charge in [0.2, 0.25) is 0 Å². The lowest BCUT2D eigenvalue weighted by Gasteiger charge is -2.40. The third-order valence-electron chi connectivity index (χ3n) is 3.80. The van der Waals surface area contributed by atoms with Crippen molar-refractivity contribution in [2.45, 2.75) is 65.1 Å². The molecule has 0 aromatic heterocycles. The van der Waals surface area contributed by atoms with Gasteiger partial charge < -0.3 is 14.4 Å². The van der Waals surface area contributed by atoms with Crippen LogP contribution in [-0.2, 0) is 9.47 Å². The summed E-state index contributed by atoms with van der Waals surface area (Å²) in [5, 5.41) is 0. The summed E-state index contributed by atoms with van der Waals surface area (Å²) < 4.78 is 10.6. The number of rotatable bonds is 5. The third-order valence-corrected chi connectivity index (χ3v) is 3.80. The van der Waals surface area contributed by atoms with Crippen LogP contribution < -0.4 is 0 Å². The molecule has 1 aliphatic rings. The number of carbonyl (C=O) groups excluding carboxylic acids is 1. The quantitative estimate of drug-likeness (QED) is 0.783. The molecule has 21 heavy (non-hydrogen) atoms. The van der Waals surface area contributed by atoms with Crippen LogP contribution in [-0.4, -0.2) is 66.9 Å². The van der Waals surface area contributed by atoms with Crippen LogP contribution in [0.1, 0.15) is 47.5 Å². The van der Waals surface area contributed by atoms with E-state index in [1.165, 1.54) is 0 Å². The lowest BCUT2D eigenvalue weighted by molar-refractivity contribution is 0.00956. The van der Waals surface area contributed by atoms with Crippen molar-refractivity contribution >= 4 is 6.09 Å². The smallest absolute Gasteiger partial charge is 0.410 e. The molecule has 1 rings (SSSR count). The Kier molecular flexibility index (Phi) is 6.94. The summed E-state index contributed by atoms with van der Waals surface area (Å²) in [4.78, 5) is 16.4. The Bertz CT molecular complexity index is 318. The van der Waals surface area contributed by atoms with E-state index in [0.29, 0.717) is 12.1 Å². The topological polar surface area (TPSA) is 42.0 Å². The van der Waals surface area contributed by atoms with Crippen molar-refractivity contribution < 1.29 is 14.3 Å². The van der Waals surface area contributed by atoms with Crippen LogP contribution in [0.15, 0.2) is 0 Å². The Labute approximate surface area is 129 Å². The van der Waals surface area contributed by atoms with E-state index in [0.717, 1.165) is 39.1 Å². The number of hydrogen-bond acceptors (Lipinski definition) is 4. The zero-order chi connectivity index (χ0) is 16.0. The van der Waals surface area contributed by atoms with Crippen molar-refractivity contribution in [1.82, 2.24) is 9.80 Å².